The van der Waals surface area contributed by atoms with Gasteiger partial charge in [-0.15, -0.1) is 0 Å². The van der Waals surface area contributed by atoms with Crippen LogP contribution >= 0.6 is 12.6 Å². The number of hydrogen-bond acceptors (Lipinski definition) is 2. The van der Waals surface area contributed by atoms with Gasteiger partial charge in [0.1, 0.15) is 0 Å². The first-order valence-corrected chi connectivity index (χ1v) is 3.75. The second-order valence-corrected chi connectivity index (χ2v) is 2.23. The topological polar surface area (TPSA) is 26.9 Å². The normalized spacial score (nSPS) is 8.45. The third kappa shape index (κ3) is 2.52. The van der Waals surface area contributed by atoms with Gasteiger partial charge in [0.25, 0.3) is 0 Å². The van der Waals surface area contributed by atoms with Gasteiger partial charge in [-0.25, -0.2) is 0 Å². The van der Waals surface area contributed by atoms with E-state index < -0.39 is 0 Å². The van der Waals surface area contributed by atoms with Crippen molar-refractivity contribution in [1.29, 1.82) is 0 Å². The molecule has 2 nitrogen and oxygen atoms in total. The van der Waals surface area contributed by atoms with Crippen LogP contribution in [0.1, 0.15) is 5.56 Å². The molecule has 1 rings (SSSR count). The van der Waals surface area contributed by atoms with Crippen molar-refractivity contribution in [1.82, 2.24) is 0 Å². The van der Waals surface area contributed by atoms with Crippen molar-refractivity contribution in [3.63, 3.8) is 0 Å². The molecule has 1 aromatic rings. The molecule has 0 fully saturated rings. The van der Waals surface area contributed by atoms with Crippen molar-refractivity contribution in [3.05, 3.63) is 35.3 Å². The van der Waals surface area contributed by atoms with E-state index in [1.165, 1.54) is 12.4 Å². The van der Waals surface area contributed by atoms with Gasteiger partial charge in [0, 0.05) is 6.07 Å². The highest BCUT2D eigenvalue weighted by Crippen LogP contribution is 1.89. The minimum absolute atomic E-state index is 0.508. The van der Waals surface area contributed by atoms with Gasteiger partial charge in [-0.3, -0.25) is 0 Å². The molecule has 0 N–H and O–H groups in total. The molecule has 0 bridgehead atoms. The van der Waals surface area contributed by atoms with Gasteiger partial charge in [0.2, 0.25) is 0 Å². The summed E-state index contributed by atoms with van der Waals surface area (Å²) in [4.78, 5) is 0. The number of pyridine rings is 1. The van der Waals surface area contributed by atoms with Crippen LogP contribution in [0.3, 0.4) is 0 Å². The Hall–Kier alpha value is -1.14. The molecule has 11 heavy (non-hydrogen) atoms. The first-order chi connectivity index (χ1) is 5.33. The van der Waals surface area contributed by atoms with E-state index >= 15 is 0 Å². The molecule has 0 spiro atoms. The summed E-state index contributed by atoms with van der Waals surface area (Å²) in [6.07, 6.45) is 2.85. The minimum atomic E-state index is 0.508. The molecule has 56 valence electrons. The quantitative estimate of drug-likeness (QED) is 0.259. The molecule has 0 aromatic carbocycles. The van der Waals surface area contributed by atoms with Crippen LogP contribution in [0.2, 0.25) is 0 Å². The van der Waals surface area contributed by atoms with E-state index in [9.17, 15) is 5.21 Å². The summed E-state index contributed by atoms with van der Waals surface area (Å²) in [6, 6.07) is 3.44. The second kappa shape index (κ2) is 3.89. The van der Waals surface area contributed by atoms with E-state index in [-0.39, 0.29) is 0 Å². The molecule has 1 aromatic heterocycles. The summed E-state index contributed by atoms with van der Waals surface area (Å²) in [5.74, 6) is 6.05. The van der Waals surface area contributed by atoms with Crippen molar-refractivity contribution in [3.8, 4) is 11.8 Å². The number of hydrogen-bond donors (Lipinski definition) is 1. The Morgan fingerprint density at radius 3 is 3.09 bits per heavy atom. The molecule has 0 amide bonds. The number of nitrogens with zero attached hydrogens (tertiary/aromatic N) is 1. The Bertz CT molecular complexity index is 300. The van der Waals surface area contributed by atoms with Gasteiger partial charge in [-0.2, -0.15) is 17.4 Å². The van der Waals surface area contributed by atoms with Crippen LogP contribution in [0.15, 0.2) is 24.5 Å². The van der Waals surface area contributed by atoms with E-state index in [4.69, 9.17) is 0 Å². The molecule has 0 saturated carbocycles. The predicted octanol–water partition coefficient (Wildman–Crippen LogP) is 0.601. The van der Waals surface area contributed by atoms with Gasteiger partial charge in [0.15, 0.2) is 12.4 Å². The van der Waals surface area contributed by atoms with Crippen LogP contribution in [0.4, 0.5) is 0 Å². The van der Waals surface area contributed by atoms with Crippen LogP contribution in [0.5, 0.6) is 0 Å². The Balaban J connectivity index is 2.87. The molecule has 0 aliphatic heterocycles. The Labute approximate surface area is 70.9 Å². The van der Waals surface area contributed by atoms with Crippen LogP contribution in [-0.4, -0.2) is 5.75 Å². The van der Waals surface area contributed by atoms with Gasteiger partial charge >= 0.3 is 0 Å². The fraction of sp³-hybridized carbons (Fsp3) is 0.125. The Morgan fingerprint density at radius 1 is 1.64 bits per heavy atom. The summed E-state index contributed by atoms with van der Waals surface area (Å²) < 4.78 is 0.725. The SMILES string of the molecule is [O-][n+]1cccc(C#CCS)c1. The molecule has 0 atom stereocenters. The summed E-state index contributed by atoms with van der Waals surface area (Å²) >= 11 is 3.92. The van der Waals surface area contributed by atoms with E-state index in [2.05, 4.69) is 24.5 Å². The number of aromatic nitrogens is 1. The van der Waals surface area contributed by atoms with Gasteiger partial charge in [-0.05, 0) is 6.07 Å². The maximum Gasteiger partial charge on any atom is 0.195 e. The number of thiol groups is 1. The number of rotatable bonds is 0. The van der Waals surface area contributed by atoms with Crippen LogP contribution in [-0.2, 0) is 0 Å². The standard InChI is InChI=1S/C8H7NOS/c10-9-5-1-3-8(7-9)4-2-6-11/h1,3,5,7,11H,6H2. The van der Waals surface area contributed by atoms with Crippen molar-refractivity contribution in [2.75, 3.05) is 5.75 Å². The van der Waals surface area contributed by atoms with Crippen molar-refractivity contribution < 1.29 is 4.73 Å². The van der Waals surface area contributed by atoms with Crippen molar-refractivity contribution in [2.45, 2.75) is 0 Å². The average molecular weight is 165 g/mol. The molecular formula is C8H7NOS. The van der Waals surface area contributed by atoms with Gasteiger partial charge < -0.3 is 5.21 Å². The smallest absolute Gasteiger partial charge is 0.195 e. The molecule has 0 unspecified atom stereocenters. The molecule has 0 saturated heterocycles. The second-order valence-electron chi connectivity index (χ2n) is 1.91. The molecule has 0 radical (unpaired) electrons. The largest absolute Gasteiger partial charge is 0.619 e. The van der Waals surface area contributed by atoms with Crippen molar-refractivity contribution in [2.24, 2.45) is 0 Å². The molecular weight excluding hydrogens is 158 g/mol. The fourth-order valence-electron chi connectivity index (χ4n) is 0.670. The third-order valence-electron chi connectivity index (χ3n) is 1.09. The predicted molar refractivity (Wildman–Crippen MR) is 46.1 cm³/mol. The van der Waals surface area contributed by atoms with E-state index in [1.54, 1.807) is 12.1 Å². The third-order valence-corrected chi connectivity index (χ3v) is 1.24. The zero-order valence-electron chi connectivity index (χ0n) is 5.82. The first kappa shape index (κ1) is 7.96. The van der Waals surface area contributed by atoms with Gasteiger partial charge in [-0.1, -0.05) is 11.8 Å². The lowest BCUT2D eigenvalue weighted by Crippen LogP contribution is -2.24. The molecule has 0 aliphatic rings. The van der Waals surface area contributed by atoms with Crippen molar-refractivity contribution >= 4 is 12.6 Å². The lowest BCUT2D eigenvalue weighted by Gasteiger charge is -1.92. The zero-order chi connectivity index (χ0) is 8.10. The van der Waals surface area contributed by atoms with E-state index in [1.807, 2.05) is 0 Å². The average Bonchev–Trinajstić information content (AvgIpc) is 2.01. The van der Waals surface area contributed by atoms with E-state index in [0.29, 0.717) is 5.75 Å². The summed E-state index contributed by atoms with van der Waals surface area (Å²) in [6.45, 7) is 0. The Morgan fingerprint density at radius 2 is 2.45 bits per heavy atom. The minimum Gasteiger partial charge on any atom is -0.619 e. The zero-order valence-corrected chi connectivity index (χ0v) is 6.71. The maximum atomic E-state index is 10.7. The lowest BCUT2D eigenvalue weighted by atomic mass is 10.3. The maximum absolute atomic E-state index is 10.7. The first-order valence-electron chi connectivity index (χ1n) is 3.11. The molecule has 1 heterocycles. The molecule has 0 aliphatic carbocycles. The van der Waals surface area contributed by atoms with Crippen LogP contribution < -0.4 is 4.73 Å². The highest BCUT2D eigenvalue weighted by molar-refractivity contribution is 7.80. The molecule has 3 heteroatoms. The van der Waals surface area contributed by atoms with Crippen LogP contribution in [0, 0.1) is 17.0 Å². The van der Waals surface area contributed by atoms with Crippen LogP contribution in [0.25, 0.3) is 0 Å². The fourth-order valence-corrected chi connectivity index (χ4v) is 0.749. The Kier molecular flexibility index (Phi) is 2.82. The summed E-state index contributed by atoms with van der Waals surface area (Å²) in [5, 5.41) is 10.7. The monoisotopic (exact) mass is 165 g/mol. The highest BCUT2D eigenvalue weighted by Gasteiger charge is 1.89. The summed E-state index contributed by atoms with van der Waals surface area (Å²) in [7, 11) is 0. The van der Waals surface area contributed by atoms with E-state index in [0.717, 1.165) is 10.3 Å². The van der Waals surface area contributed by atoms with Gasteiger partial charge in [0.05, 0.1) is 11.3 Å². The lowest BCUT2D eigenvalue weighted by molar-refractivity contribution is -0.605. The highest BCUT2D eigenvalue weighted by atomic mass is 32.1. The summed E-state index contributed by atoms with van der Waals surface area (Å²) in [5.41, 5.74) is 0.719.